The number of aromatic nitrogens is 2. The number of ketones is 1. The first-order chi connectivity index (χ1) is 13.1. The number of nitrogens with zero attached hydrogens (tertiary/aromatic N) is 2. The van der Waals surface area contributed by atoms with Crippen LogP contribution in [-0.4, -0.2) is 27.5 Å². The number of rotatable bonds is 7. The second-order valence-corrected chi connectivity index (χ2v) is 6.80. The predicted octanol–water partition coefficient (Wildman–Crippen LogP) is 0.893. The van der Waals surface area contributed by atoms with Crippen LogP contribution >= 0.6 is 0 Å². The van der Waals surface area contributed by atoms with E-state index in [1.807, 2.05) is 13.8 Å². The number of halogens is 1. The Balaban J connectivity index is 2.18. The van der Waals surface area contributed by atoms with Crippen molar-refractivity contribution in [2.45, 2.75) is 26.8 Å². The van der Waals surface area contributed by atoms with E-state index in [0.29, 0.717) is 5.56 Å². The number of hydrogen-bond acceptors (Lipinski definition) is 6. The molecule has 0 saturated heterocycles. The predicted molar refractivity (Wildman–Crippen MR) is 101 cm³/mol. The molecule has 0 unspecified atom stereocenters. The van der Waals surface area contributed by atoms with Crippen molar-refractivity contribution < 1.29 is 18.7 Å². The Bertz CT molecular complexity index is 1010. The van der Waals surface area contributed by atoms with Crippen LogP contribution in [-0.2, 0) is 29.5 Å². The topological polar surface area (TPSA) is 113 Å². The van der Waals surface area contributed by atoms with Gasteiger partial charge in [-0.2, -0.15) is 0 Å². The summed E-state index contributed by atoms with van der Waals surface area (Å²) < 4.78 is 19.8. The summed E-state index contributed by atoms with van der Waals surface area (Å²) in [6, 6.07) is 5.26. The molecular weight excluding hydrogens is 369 g/mol. The highest BCUT2D eigenvalue weighted by Crippen LogP contribution is 2.09. The van der Waals surface area contributed by atoms with Crippen LogP contribution in [0.3, 0.4) is 0 Å². The molecule has 2 rings (SSSR count). The molecule has 0 saturated carbocycles. The molecule has 8 nitrogen and oxygen atoms in total. The first-order valence-corrected chi connectivity index (χ1v) is 8.64. The maximum atomic E-state index is 12.9. The van der Waals surface area contributed by atoms with Gasteiger partial charge in [0.05, 0.1) is 6.42 Å². The summed E-state index contributed by atoms with van der Waals surface area (Å²) in [4.78, 5) is 48.9. The van der Waals surface area contributed by atoms with Crippen molar-refractivity contribution in [1.82, 2.24) is 9.13 Å². The summed E-state index contributed by atoms with van der Waals surface area (Å²) in [6.45, 7) is 3.24. The van der Waals surface area contributed by atoms with Crippen molar-refractivity contribution in [3.63, 3.8) is 0 Å². The summed E-state index contributed by atoms with van der Waals surface area (Å²) in [7, 11) is 1.25. The number of benzene rings is 1. The molecule has 28 heavy (non-hydrogen) atoms. The summed E-state index contributed by atoms with van der Waals surface area (Å²) >= 11 is 0. The van der Waals surface area contributed by atoms with Crippen LogP contribution < -0.4 is 17.0 Å². The van der Waals surface area contributed by atoms with Crippen LogP contribution in [0.1, 0.15) is 29.8 Å². The smallest absolute Gasteiger partial charge is 0.332 e. The number of esters is 1. The monoisotopic (exact) mass is 391 g/mol. The lowest BCUT2D eigenvalue weighted by Crippen LogP contribution is -2.43. The zero-order valence-electron chi connectivity index (χ0n) is 15.9. The van der Waals surface area contributed by atoms with Gasteiger partial charge >= 0.3 is 11.7 Å². The van der Waals surface area contributed by atoms with E-state index in [0.717, 1.165) is 9.13 Å². The van der Waals surface area contributed by atoms with Crippen LogP contribution in [0.15, 0.2) is 33.9 Å². The van der Waals surface area contributed by atoms with Crippen molar-refractivity contribution in [3.05, 3.63) is 62.0 Å². The van der Waals surface area contributed by atoms with Crippen LogP contribution in [0.4, 0.5) is 10.2 Å². The average Bonchev–Trinajstić information content (AvgIpc) is 2.64. The van der Waals surface area contributed by atoms with Crippen molar-refractivity contribution in [1.29, 1.82) is 0 Å². The maximum Gasteiger partial charge on any atom is 0.332 e. The number of hydrogen-bond donors (Lipinski definition) is 1. The van der Waals surface area contributed by atoms with Crippen LogP contribution in [0.5, 0.6) is 0 Å². The molecule has 1 aromatic carbocycles. The SMILES string of the molecule is CC(C)Cn1c(N)c(C(=O)COC(=O)Cc2ccc(F)cc2)c(=O)n(C)c1=O. The lowest BCUT2D eigenvalue weighted by molar-refractivity contribution is -0.141. The Morgan fingerprint density at radius 2 is 1.79 bits per heavy atom. The minimum Gasteiger partial charge on any atom is -0.457 e. The number of carbonyl (C=O) groups is 2. The fourth-order valence-corrected chi connectivity index (χ4v) is 2.63. The second-order valence-electron chi connectivity index (χ2n) is 6.80. The molecular formula is C19H22FN3O5. The number of carbonyl (C=O) groups excluding carboxylic acids is 2. The van der Waals surface area contributed by atoms with Crippen molar-refractivity contribution in [3.8, 4) is 0 Å². The average molecular weight is 391 g/mol. The Hall–Kier alpha value is -3.23. The van der Waals surface area contributed by atoms with Gasteiger partial charge < -0.3 is 10.5 Å². The van der Waals surface area contributed by atoms with E-state index < -0.39 is 41.0 Å². The van der Waals surface area contributed by atoms with E-state index in [2.05, 4.69) is 0 Å². The molecule has 0 aliphatic carbocycles. The van der Waals surface area contributed by atoms with E-state index in [9.17, 15) is 23.6 Å². The van der Waals surface area contributed by atoms with Crippen LogP contribution in [0.2, 0.25) is 0 Å². The molecule has 0 radical (unpaired) electrons. The third-order valence-corrected chi connectivity index (χ3v) is 4.04. The molecule has 0 aliphatic rings. The van der Waals surface area contributed by atoms with Crippen molar-refractivity contribution in [2.75, 3.05) is 12.3 Å². The summed E-state index contributed by atoms with van der Waals surface area (Å²) in [6.07, 6.45) is -0.159. The highest BCUT2D eigenvalue weighted by molar-refractivity contribution is 6.01. The third-order valence-electron chi connectivity index (χ3n) is 4.04. The minimum atomic E-state index is -0.845. The zero-order chi connectivity index (χ0) is 21.0. The number of nitrogens with two attached hydrogens (primary N) is 1. The Morgan fingerprint density at radius 1 is 1.18 bits per heavy atom. The minimum absolute atomic E-state index is 0.0500. The van der Waals surface area contributed by atoms with Crippen LogP contribution in [0, 0.1) is 11.7 Å². The quantitative estimate of drug-likeness (QED) is 0.554. The summed E-state index contributed by atoms with van der Waals surface area (Å²) in [5, 5.41) is 0. The first-order valence-electron chi connectivity index (χ1n) is 8.64. The molecule has 2 N–H and O–H groups in total. The Kier molecular flexibility index (Phi) is 6.50. The Morgan fingerprint density at radius 3 is 2.36 bits per heavy atom. The van der Waals surface area contributed by atoms with Gasteiger partial charge in [0.15, 0.2) is 6.61 Å². The number of anilines is 1. The summed E-state index contributed by atoms with van der Waals surface area (Å²) in [5.41, 5.74) is 4.55. The molecule has 0 bridgehead atoms. The molecule has 150 valence electrons. The number of nitrogen functional groups attached to an aromatic ring is 1. The molecule has 0 spiro atoms. The number of ether oxygens (including phenoxy) is 1. The molecule has 0 fully saturated rings. The Labute approximate surface area is 160 Å². The van der Waals surface area contributed by atoms with Crippen molar-refractivity contribution >= 4 is 17.6 Å². The highest BCUT2D eigenvalue weighted by Gasteiger charge is 2.23. The fraction of sp³-hybridized carbons (Fsp3) is 0.368. The largest absolute Gasteiger partial charge is 0.457 e. The molecule has 0 atom stereocenters. The summed E-state index contributed by atoms with van der Waals surface area (Å²) in [5.74, 6) is -2.15. The van der Waals surface area contributed by atoms with Gasteiger partial charge in [-0.3, -0.25) is 23.5 Å². The van der Waals surface area contributed by atoms with Crippen molar-refractivity contribution in [2.24, 2.45) is 13.0 Å². The molecule has 2 aromatic rings. The van der Waals surface area contributed by atoms with Gasteiger partial charge in [0, 0.05) is 13.6 Å². The van der Waals surface area contributed by atoms with Gasteiger partial charge in [-0.1, -0.05) is 26.0 Å². The molecule has 0 aliphatic heterocycles. The van der Waals surface area contributed by atoms with Crippen LogP contribution in [0.25, 0.3) is 0 Å². The van der Waals surface area contributed by atoms with Gasteiger partial charge in [0.25, 0.3) is 5.56 Å². The molecule has 0 amide bonds. The lowest BCUT2D eigenvalue weighted by atomic mass is 10.1. The zero-order valence-corrected chi connectivity index (χ0v) is 15.9. The first kappa shape index (κ1) is 21.1. The number of Topliss-reactive ketones (excluding diaryl/α,β-unsaturated/α-hetero) is 1. The van der Waals surface area contributed by atoms with Gasteiger partial charge in [-0.05, 0) is 23.6 Å². The fourth-order valence-electron chi connectivity index (χ4n) is 2.63. The third kappa shape index (κ3) is 4.73. The van der Waals surface area contributed by atoms with Gasteiger partial charge in [-0.15, -0.1) is 0 Å². The van der Waals surface area contributed by atoms with E-state index in [1.54, 1.807) is 0 Å². The van der Waals surface area contributed by atoms with Gasteiger partial charge in [-0.25, -0.2) is 9.18 Å². The molecule has 9 heteroatoms. The standard InChI is InChI=1S/C19H22FN3O5/c1-11(2)9-23-17(21)16(18(26)22(3)19(23)27)14(24)10-28-15(25)8-12-4-6-13(20)7-5-12/h4-7,11H,8-10,21H2,1-3H3. The van der Waals surface area contributed by atoms with Gasteiger partial charge in [0.2, 0.25) is 5.78 Å². The lowest BCUT2D eigenvalue weighted by Gasteiger charge is -2.16. The second kappa shape index (κ2) is 8.64. The maximum absolute atomic E-state index is 12.9. The van der Waals surface area contributed by atoms with E-state index in [1.165, 1.54) is 31.3 Å². The highest BCUT2D eigenvalue weighted by atomic mass is 19.1. The van der Waals surface area contributed by atoms with E-state index in [4.69, 9.17) is 10.5 Å². The van der Waals surface area contributed by atoms with E-state index in [-0.39, 0.29) is 24.7 Å². The molecule has 1 heterocycles. The molecule has 1 aromatic heterocycles. The van der Waals surface area contributed by atoms with Gasteiger partial charge in [0.1, 0.15) is 17.2 Å². The normalized spacial score (nSPS) is 10.9. The van der Waals surface area contributed by atoms with E-state index >= 15 is 0 Å².